The first-order chi connectivity index (χ1) is 13.4. The van der Waals surface area contributed by atoms with E-state index in [1.54, 1.807) is 4.31 Å². The van der Waals surface area contributed by atoms with Crippen LogP contribution in [0.4, 0.5) is 0 Å². The fraction of sp³-hybridized carbons (Fsp3) is 0.714. The molecule has 3 aliphatic rings. The fourth-order valence-corrected chi connectivity index (χ4v) is 6.50. The van der Waals surface area contributed by atoms with E-state index < -0.39 is 10.0 Å². The minimum atomic E-state index is -3.27. The second-order valence-corrected chi connectivity index (χ2v) is 10.8. The van der Waals surface area contributed by atoms with Crippen LogP contribution in [0.1, 0.15) is 37.7 Å². The molecule has 7 heteroatoms. The van der Waals surface area contributed by atoms with Crippen molar-refractivity contribution in [2.45, 2.75) is 50.1 Å². The molecule has 3 fully saturated rings. The van der Waals surface area contributed by atoms with E-state index in [2.05, 4.69) is 4.90 Å². The van der Waals surface area contributed by atoms with Crippen LogP contribution in [0.15, 0.2) is 30.3 Å². The van der Waals surface area contributed by atoms with Gasteiger partial charge in [0.2, 0.25) is 10.0 Å². The van der Waals surface area contributed by atoms with Crippen LogP contribution >= 0.6 is 0 Å². The van der Waals surface area contributed by atoms with Crippen molar-refractivity contribution in [3.63, 3.8) is 0 Å². The lowest BCUT2D eigenvalue weighted by Gasteiger charge is -2.38. The molecule has 0 amide bonds. The third-order valence-corrected chi connectivity index (χ3v) is 8.45. The van der Waals surface area contributed by atoms with Crippen LogP contribution in [-0.2, 0) is 20.5 Å². The SMILES string of the molecule is O=S(=O)(Cc1ccccc1)N1CCC2(CC1)CO[C@@H](CN1CCC[C@H](O)C1)C2. The first-order valence-corrected chi connectivity index (χ1v) is 12.1. The topological polar surface area (TPSA) is 70.1 Å². The molecule has 0 aliphatic carbocycles. The van der Waals surface area contributed by atoms with E-state index in [1.807, 2.05) is 30.3 Å². The number of β-amino-alcohol motifs (C(OH)–C–C–N with tert-alkyl or cyclic N) is 1. The summed E-state index contributed by atoms with van der Waals surface area (Å²) < 4.78 is 33.3. The van der Waals surface area contributed by atoms with Crippen LogP contribution in [0, 0.1) is 5.41 Å². The lowest BCUT2D eigenvalue weighted by atomic mass is 9.77. The van der Waals surface area contributed by atoms with Crippen molar-refractivity contribution >= 4 is 10.0 Å². The fourth-order valence-electron chi connectivity index (χ4n) is 4.96. The maximum atomic E-state index is 12.8. The van der Waals surface area contributed by atoms with Gasteiger partial charge in [0.05, 0.1) is 24.6 Å². The number of sulfonamides is 1. The largest absolute Gasteiger partial charge is 0.392 e. The zero-order chi connectivity index (χ0) is 19.6. The van der Waals surface area contributed by atoms with Gasteiger partial charge in [-0.15, -0.1) is 0 Å². The molecule has 0 saturated carbocycles. The third-order valence-electron chi connectivity index (χ3n) is 6.60. The normalized spacial score (nSPS) is 29.3. The molecule has 0 bridgehead atoms. The number of likely N-dealkylation sites (tertiary alicyclic amines) is 1. The summed E-state index contributed by atoms with van der Waals surface area (Å²) in [6.45, 7) is 4.59. The van der Waals surface area contributed by atoms with Crippen molar-refractivity contribution in [3.05, 3.63) is 35.9 Å². The molecule has 3 heterocycles. The van der Waals surface area contributed by atoms with Crippen molar-refractivity contribution in [3.8, 4) is 0 Å². The van der Waals surface area contributed by atoms with Gasteiger partial charge in [0.15, 0.2) is 0 Å². The molecule has 0 radical (unpaired) electrons. The minimum Gasteiger partial charge on any atom is -0.392 e. The number of aliphatic hydroxyl groups is 1. The maximum absolute atomic E-state index is 12.8. The van der Waals surface area contributed by atoms with Gasteiger partial charge in [-0.1, -0.05) is 30.3 Å². The molecule has 0 unspecified atom stereocenters. The molecular weight excluding hydrogens is 376 g/mol. The third kappa shape index (κ3) is 4.76. The van der Waals surface area contributed by atoms with Crippen LogP contribution in [0.2, 0.25) is 0 Å². The molecule has 28 heavy (non-hydrogen) atoms. The minimum absolute atomic E-state index is 0.0806. The van der Waals surface area contributed by atoms with Gasteiger partial charge in [-0.25, -0.2) is 12.7 Å². The number of ether oxygens (including phenoxy) is 1. The molecule has 3 saturated heterocycles. The van der Waals surface area contributed by atoms with E-state index in [1.165, 1.54) is 0 Å². The molecule has 2 atom stereocenters. The van der Waals surface area contributed by atoms with Crippen molar-refractivity contribution in [2.75, 3.05) is 39.3 Å². The Morgan fingerprint density at radius 1 is 1.14 bits per heavy atom. The first-order valence-electron chi connectivity index (χ1n) is 10.5. The van der Waals surface area contributed by atoms with Crippen molar-refractivity contribution in [2.24, 2.45) is 5.41 Å². The molecule has 4 rings (SSSR count). The molecule has 6 nitrogen and oxygen atoms in total. The number of hydrogen-bond acceptors (Lipinski definition) is 5. The molecule has 1 N–H and O–H groups in total. The van der Waals surface area contributed by atoms with Gasteiger partial charge < -0.3 is 9.84 Å². The van der Waals surface area contributed by atoms with Crippen LogP contribution in [0.25, 0.3) is 0 Å². The van der Waals surface area contributed by atoms with Gasteiger partial charge in [0, 0.05) is 26.2 Å². The molecule has 1 aromatic rings. The van der Waals surface area contributed by atoms with Gasteiger partial charge in [0.25, 0.3) is 0 Å². The van der Waals surface area contributed by atoms with Gasteiger partial charge in [-0.2, -0.15) is 0 Å². The van der Waals surface area contributed by atoms with Crippen LogP contribution in [0.5, 0.6) is 0 Å². The summed E-state index contributed by atoms with van der Waals surface area (Å²) in [7, 11) is -3.27. The number of aliphatic hydroxyl groups excluding tert-OH is 1. The Balaban J connectivity index is 1.29. The average molecular weight is 409 g/mol. The van der Waals surface area contributed by atoms with Crippen LogP contribution in [-0.4, -0.2) is 74.3 Å². The molecule has 3 aliphatic heterocycles. The van der Waals surface area contributed by atoms with Gasteiger partial charge in [0.1, 0.15) is 0 Å². The Morgan fingerprint density at radius 2 is 1.89 bits per heavy atom. The monoisotopic (exact) mass is 408 g/mol. The average Bonchev–Trinajstić information content (AvgIpc) is 3.04. The highest BCUT2D eigenvalue weighted by Gasteiger charge is 2.44. The second-order valence-electron chi connectivity index (χ2n) is 8.83. The number of nitrogens with zero attached hydrogens (tertiary/aromatic N) is 2. The summed E-state index contributed by atoms with van der Waals surface area (Å²) in [6.07, 6.45) is 4.71. The molecular formula is C21H32N2O4S. The Bertz CT molecular complexity index is 747. The van der Waals surface area contributed by atoms with E-state index in [4.69, 9.17) is 4.74 Å². The van der Waals surface area contributed by atoms with Crippen molar-refractivity contribution in [1.29, 1.82) is 0 Å². The van der Waals surface area contributed by atoms with Crippen LogP contribution < -0.4 is 0 Å². The van der Waals surface area contributed by atoms with E-state index in [0.29, 0.717) is 13.1 Å². The van der Waals surface area contributed by atoms with Gasteiger partial charge in [-0.05, 0) is 49.6 Å². The summed E-state index contributed by atoms with van der Waals surface area (Å²) in [5, 5.41) is 9.86. The zero-order valence-corrected chi connectivity index (χ0v) is 17.3. The quantitative estimate of drug-likeness (QED) is 0.805. The smallest absolute Gasteiger partial charge is 0.218 e. The number of hydrogen-bond donors (Lipinski definition) is 1. The predicted molar refractivity (Wildman–Crippen MR) is 108 cm³/mol. The van der Waals surface area contributed by atoms with Crippen molar-refractivity contribution in [1.82, 2.24) is 9.21 Å². The standard InChI is InChI=1S/C21H32N2O4S/c24-19-7-4-10-22(14-19)15-20-13-21(17-27-20)8-11-23(12-9-21)28(25,26)16-18-5-2-1-3-6-18/h1-3,5-6,19-20,24H,4,7-17H2/t19-,20+/m0/s1. The van der Waals surface area contributed by atoms with Crippen LogP contribution in [0.3, 0.4) is 0 Å². The summed E-state index contributed by atoms with van der Waals surface area (Å²) >= 11 is 0. The Morgan fingerprint density at radius 3 is 2.61 bits per heavy atom. The summed E-state index contributed by atoms with van der Waals surface area (Å²) in [4.78, 5) is 2.32. The molecule has 0 aromatic heterocycles. The van der Waals surface area contributed by atoms with E-state index in [0.717, 1.165) is 63.9 Å². The van der Waals surface area contributed by atoms with Gasteiger partial charge >= 0.3 is 0 Å². The number of benzene rings is 1. The Labute approximate surface area is 168 Å². The highest BCUT2D eigenvalue weighted by Crippen LogP contribution is 2.42. The lowest BCUT2D eigenvalue weighted by Crippen LogP contribution is -2.44. The Hall–Kier alpha value is -0.990. The lowest BCUT2D eigenvalue weighted by molar-refractivity contribution is 0.0242. The number of rotatable bonds is 5. The van der Waals surface area contributed by atoms with Crippen molar-refractivity contribution < 1.29 is 18.3 Å². The molecule has 1 spiro atoms. The maximum Gasteiger partial charge on any atom is 0.218 e. The highest BCUT2D eigenvalue weighted by atomic mass is 32.2. The Kier molecular flexibility index (Phi) is 6.09. The molecule has 1 aromatic carbocycles. The zero-order valence-electron chi connectivity index (χ0n) is 16.5. The number of piperidine rings is 2. The summed E-state index contributed by atoms with van der Waals surface area (Å²) in [5.74, 6) is 0.0806. The first kappa shape index (κ1) is 20.3. The molecule has 156 valence electrons. The van der Waals surface area contributed by atoms with Gasteiger partial charge in [-0.3, -0.25) is 4.90 Å². The van der Waals surface area contributed by atoms with E-state index >= 15 is 0 Å². The predicted octanol–water partition coefficient (Wildman–Crippen LogP) is 1.84. The summed E-state index contributed by atoms with van der Waals surface area (Å²) in [6, 6.07) is 9.41. The second kappa shape index (κ2) is 8.40. The highest BCUT2D eigenvalue weighted by molar-refractivity contribution is 7.88. The van der Waals surface area contributed by atoms with E-state index in [-0.39, 0.29) is 23.4 Å². The summed E-state index contributed by atoms with van der Waals surface area (Å²) in [5.41, 5.74) is 0.966. The van der Waals surface area contributed by atoms with E-state index in [9.17, 15) is 13.5 Å².